The van der Waals surface area contributed by atoms with Crippen LogP contribution in [0.15, 0.2) is 56.1 Å². The van der Waals surface area contributed by atoms with Crippen molar-refractivity contribution in [2.24, 2.45) is 0 Å². The number of amides is 1. The summed E-state index contributed by atoms with van der Waals surface area (Å²) in [6, 6.07) is 12.1. The van der Waals surface area contributed by atoms with Gasteiger partial charge in [0.05, 0.1) is 17.0 Å². The molecule has 4 rings (SSSR count). The van der Waals surface area contributed by atoms with Crippen LogP contribution in [0.3, 0.4) is 0 Å². The highest BCUT2D eigenvalue weighted by atomic mass is 79.9. The van der Waals surface area contributed by atoms with Gasteiger partial charge in [-0.05, 0) is 63.0 Å². The quantitative estimate of drug-likeness (QED) is 0.536. The molecule has 0 saturated carbocycles. The van der Waals surface area contributed by atoms with E-state index in [1.165, 1.54) is 0 Å². The minimum absolute atomic E-state index is 0.127. The zero-order valence-corrected chi connectivity index (χ0v) is 18.5. The first-order valence-corrected chi connectivity index (χ1v) is 10.5. The molecule has 0 spiro atoms. The first kappa shape index (κ1) is 20.1. The van der Waals surface area contributed by atoms with Crippen LogP contribution in [0.4, 0.5) is 0 Å². The van der Waals surface area contributed by atoms with Crippen LogP contribution in [0.2, 0.25) is 5.02 Å². The molecule has 1 atom stereocenters. The molecule has 150 valence electrons. The summed E-state index contributed by atoms with van der Waals surface area (Å²) < 4.78 is 6.85. The number of fused-ring (bicyclic) bond motifs is 2. The molecule has 0 fully saturated rings. The maximum Gasteiger partial charge on any atom is 0.290 e. The Hall–Kier alpha value is -2.15. The molecular weight excluding hydrogens is 456 g/mol. The van der Waals surface area contributed by atoms with Crippen molar-refractivity contribution in [3.8, 4) is 0 Å². The predicted molar refractivity (Wildman–Crippen MR) is 118 cm³/mol. The van der Waals surface area contributed by atoms with Crippen LogP contribution in [-0.4, -0.2) is 42.9 Å². The van der Waals surface area contributed by atoms with E-state index in [-0.39, 0.29) is 17.1 Å². The summed E-state index contributed by atoms with van der Waals surface area (Å²) in [5, 5.41) is 0.846. The van der Waals surface area contributed by atoms with Gasteiger partial charge in [-0.1, -0.05) is 39.7 Å². The highest BCUT2D eigenvalue weighted by Crippen LogP contribution is 2.38. The van der Waals surface area contributed by atoms with Crippen molar-refractivity contribution in [2.45, 2.75) is 12.5 Å². The minimum atomic E-state index is -0.479. The topological polar surface area (TPSA) is 53.8 Å². The number of rotatable bonds is 5. The fraction of sp³-hybridized carbons (Fsp3) is 0.273. The normalized spacial score (nSPS) is 16.1. The van der Waals surface area contributed by atoms with Crippen molar-refractivity contribution in [3.05, 3.63) is 79.1 Å². The van der Waals surface area contributed by atoms with Gasteiger partial charge in [-0.25, -0.2) is 0 Å². The fourth-order valence-corrected chi connectivity index (χ4v) is 4.21. The first-order valence-electron chi connectivity index (χ1n) is 9.34. The maximum absolute atomic E-state index is 13.4. The van der Waals surface area contributed by atoms with Crippen molar-refractivity contribution in [1.29, 1.82) is 0 Å². The molecule has 1 aliphatic rings. The van der Waals surface area contributed by atoms with Gasteiger partial charge in [-0.3, -0.25) is 9.59 Å². The lowest BCUT2D eigenvalue weighted by Gasteiger charge is -2.25. The van der Waals surface area contributed by atoms with Crippen LogP contribution in [0.1, 0.15) is 34.1 Å². The van der Waals surface area contributed by atoms with Crippen molar-refractivity contribution in [3.63, 3.8) is 0 Å². The number of hydrogen-bond donors (Lipinski definition) is 0. The van der Waals surface area contributed by atoms with Crippen LogP contribution in [0.25, 0.3) is 11.0 Å². The van der Waals surface area contributed by atoms with E-state index in [0.717, 1.165) is 23.0 Å². The van der Waals surface area contributed by atoms with E-state index in [1.54, 1.807) is 23.1 Å². The monoisotopic (exact) mass is 474 g/mol. The maximum atomic E-state index is 13.4. The van der Waals surface area contributed by atoms with E-state index in [2.05, 4.69) is 20.8 Å². The Morgan fingerprint density at radius 2 is 1.86 bits per heavy atom. The number of carbonyl (C=O) groups is 1. The van der Waals surface area contributed by atoms with Gasteiger partial charge < -0.3 is 14.2 Å². The molecule has 0 aliphatic carbocycles. The van der Waals surface area contributed by atoms with Gasteiger partial charge in [0.1, 0.15) is 5.58 Å². The Morgan fingerprint density at radius 1 is 1.14 bits per heavy atom. The summed E-state index contributed by atoms with van der Waals surface area (Å²) in [5.41, 5.74) is 1.42. The average Bonchev–Trinajstić information content (AvgIpc) is 2.95. The molecule has 0 N–H and O–H groups in total. The van der Waals surface area contributed by atoms with E-state index in [1.807, 2.05) is 38.4 Å². The zero-order valence-electron chi connectivity index (χ0n) is 16.1. The van der Waals surface area contributed by atoms with Crippen molar-refractivity contribution < 1.29 is 9.21 Å². The summed E-state index contributed by atoms with van der Waals surface area (Å²) in [6.07, 6.45) is 0.791. The van der Waals surface area contributed by atoms with Crippen LogP contribution in [0, 0.1) is 0 Å². The molecule has 0 saturated heterocycles. The van der Waals surface area contributed by atoms with Crippen molar-refractivity contribution in [1.82, 2.24) is 9.80 Å². The molecule has 0 bridgehead atoms. The third kappa shape index (κ3) is 3.72. The molecule has 3 aromatic rings. The highest BCUT2D eigenvalue weighted by Gasteiger charge is 2.42. The molecule has 2 heterocycles. The highest BCUT2D eigenvalue weighted by molar-refractivity contribution is 9.10. The number of halogens is 2. The van der Waals surface area contributed by atoms with Crippen LogP contribution in [-0.2, 0) is 0 Å². The Bertz CT molecular complexity index is 1140. The van der Waals surface area contributed by atoms with Gasteiger partial charge in [-0.2, -0.15) is 0 Å². The third-order valence-corrected chi connectivity index (χ3v) is 5.88. The average molecular weight is 476 g/mol. The Morgan fingerprint density at radius 3 is 2.55 bits per heavy atom. The van der Waals surface area contributed by atoms with Gasteiger partial charge in [-0.15, -0.1) is 0 Å². The Balaban J connectivity index is 1.88. The number of nitrogens with zero attached hydrogens (tertiary/aromatic N) is 2. The smallest absolute Gasteiger partial charge is 0.290 e. The standard InChI is InChI=1S/C22H20BrClN2O3/c1-25(2)10-3-11-26-19(13-4-6-14(23)7-5-13)18-20(27)16-12-15(24)8-9-17(16)29-21(18)22(26)28/h4-9,12,19H,3,10-11H2,1-2H3/t19-/m1/s1. The van der Waals surface area contributed by atoms with Crippen molar-refractivity contribution in [2.75, 3.05) is 27.2 Å². The molecule has 0 radical (unpaired) electrons. The molecule has 2 aromatic carbocycles. The van der Waals surface area contributed by atoms with Gasteiger partial charge in [0.2, 0.25) is 5.76 Å². The van der Waals surface area contributed by atoms with Crippen molar-refractivity contribution >= 4 is 44.4 Å². The summed E-state index contributed by atoms with van der Waals surface area (Å²) in [7, 11) is 3.99. The lowest BCUT2D eigenvalue weighted by Crippen LogP contribution is -2.32. The second-order valence-corrected chi connectivity index (χ2v) is 8.78. The largest absolute Gasteiger partial charge is 0.450 e. The molecular formula is C22H20BrClN2O3. The Kier molecular flexibility index (Phi) is 5.51. The number of carbonyl (C=O) groups excluding carboxylic acids is 1. The zero-order chi connectivity index (χ0) is 20.7. The fourth-order valence-electron chi connectivity index (χ4n) is 3.77. The van der Waals surface area contributed by atoms with Crippen LogP contribution < -0.4 is 5.43 Å². The van der Waals surface area contributed by atoms with Gasteiger partial charge in [0.25, 0.3) is 5.91 Å². The summed E-state index contributed by atoms with van der Waals surface area (Å²) in [6.45, 7) is 1.37. The summed E-state index contributed by atoms with van der Waals surface area (Å²) in [4.78, 5) is 30.4. The van der Waals surface area contributed by atoms with E-state index < -0.39 is 6.04 Å². The minimum Gasteiger partial charge on any atom is -0.450 e. The molecule has 1 aliphatic heterocycles. The molecule has 1 aromatic heterocycles. The summed E-state index contributed by atoms with van der Waals surface area (Å²) >= 11 is 9.54. The van der Waals surface area contributed by atoms with Crippen LogP contribution >= 0.6 is 27.5 Å². The number of benzene rings is 2. The molecule has 0 unspecified atom stereocenters. The second kappa shape index (κ2) is 7.94. The predicted octanol–water partition coefficient (Wildman–Crippen LogP) is 4.71. The van der Waals surface area contributed by atoms with E-state index in [9.17, 15) is 9.59 Å². The lowest BCUT2D eigenvalue weighted by atomic mass is 9.98. The van der Waals surface area contributed by atoms with Crippen LogP contribution in [0.5, 0.6) is 0 Å². The van der Waals surface area contributed by atoms with E-state index >= 15 is 0 Å². The number of hydrogen-bond acceptors (Lipinski definition) is 4. The molecule has 7 heteroatoms. The Labute approximate surface area is 182 Å². The second-order valence-electron chi connectivity index (χ2n) is 7.42. The molecule has 1 amide bonds. The van der Waals surface area contributed by atoms with Gasteiger partial charge in [0, 0.05) is 16.0 Å². The molecule has 5 nitrogen and oxygen atoms in total. The third-order valence-electron chi connectivity index (χ3n) is 5.12. The SMILES string of the molecule is CN(C)CCCN1C(=O)c2oc3ccc(Cl)cc3c(=O)c2[C@H]1c1ccc(Br)cc1. The molecule has 29 heavy (non-hydrogen) atoms. The summed E-state index contributed by atoms with van der Waals surface area (Å²) in [5.74, 6) is -0.122. The van der Waals surface area contributed by atoms with Gasteiger partial charge >= 0.3 is 0 Å². The lowest BCUT2D eigenvalue weighted by molar-refractivity contribution is 0.0722. The van der Waals surface area contributed by atoms with E-state index in [0.29, 0.717) is 28.1 Å². The van der Waals surface area contributed by atoms with E-state index in [4.69, 9.17) is 16.0 Å². The first-order chi connectivity index (χ1) is 13.9. The van der Waals surface area contributed by atoms with Gasteiger partial charge in [0.15, 0.2) is 5.43 Å².